The second kappa shape index (κ2) is 5.46. The van der Waals surface area contributed by atoms with Gasteiger partial charge in [0.05, 0.1) is 0 Å². The number of aliphatic carboxylic acids is 1. The Bertz CT molecular complexity index is 627. The first-order chi connectivity index (χ1) is 9.74. The fourth-order valence-corrected chi connectivity index (χ4v) is 2.94. The number of carboxylic acid groups (broad SMARTS) is 1. The summed E-state index contributed by atoms with van der Waals surface area (Å²) in [4.78, 5) is 12.4. The number of carboxylic acids is 1. The number of rotatable bonds is 4. The molecule has 0 spiro atoms. The van der Waals surface area contributed by atoms with E-state index < -0.39 is 11.2 Å². The van der Waals surface area contributed by atoms with Gasteiger partial charge in [-0.15, -0.1) is 11.8 Å². The van der Waals surface area contributed by atoms with E-state index in [0.29, 0.717) is 17.1 Å². The molecule has 3 rings (SSSR count). The predicted octanol–water partition coefficient (Wildman–Crippen LogP) is 3.33. The molecule has 2 aromatic carbocycles. The maximum absolute atomic E-state index is 11.5. The molecule has 0 aromatic heterocycles. The van der Waals surface area contributed by atoms with Crippen molar-refractivity contribution in [1.82, 2.24) is 0 Å². The molecule has 0 radical (unpaired) electrons. The Kier molecular flexibility index (Phi) is 3.52. The minimum Gasteiger partial charge on any atom is -0.480 e. The normalized spacial score (nSPS) is 14.0. The number of fused-ring (bicyclic) bond motifs is 1. The van der Waals surface area contributed by atoms with Crippen LogP contribution in [0.2, 0.25) is 0 Å². The fourth-order valence-electron chi connectivity index (χ4n) is 1.97. The Balaban J connectivity index is 1.89. The molecule has 0 fully saturated rings. The van der Waals surface area contributed by atoms with Crippen LogP contribution in [0.3, 0.4) is 0 Å². The third-order valence-electron chi connectivity index (χ3n) is 2.92. The van der Waals surface area contributed by atoms with Crippen molar-refractivity contribution in [3.05, 3.63) is 54.1 Å². The number of benzene rings is 2. The van der Waals surface area contributed by atoms with Gasteiger partial charge in [-0.3, -0.25) is 4.79 Å². The van der Waals surface area contributed by atoms with Crippen LogP contribution in [-0.4, -0.2) is 17.9 Å². The van der Waals surface area contributed by atoms with Gasteiger partial charge in [-0.05, 0) is 29.8 Å². The highest BCUT2D eigenvalue weighted by molar-refractivity contribution is 8.00. The third kappa shape index (κ3) is 2.58. The van der Waals surface area contributed by atoms with Gasteiger partial charge in [0, 0.05) is 4.90 Å². The van der Waals surface area contributed by atoms with E-state index in [9.17, 15) is 9.90 Å². The Labute approximate surface area is 120 Å². The molecule has 1 aliphatic heterocycles. The summed E-state index contributed by atoms with van der Waals surface area (Å²) in [6.07, 6.45) is 0. The molecular formula is C15H12O4S. The van der Waals surface area contributed by atoms with E-state index in [1.165, 1.54) is 11.8 Å². The summed E-state index contributed by atoms with van der Waals surface area (Å²) in [6.45, 7) is 0.183. The largest absolute Gasteiger partial charge is 0.480 e. The van der Waals surface area contributed by atoms with Crippen molar-refractivity contribution >= 4 is 17.7 Å². The Morgan fingerprint density at radius 1 is 1.10 bits per heavy atom. The highest BCUT2D eigenvalue weighted by atomic mass is 32.2. The van der Waals surface area contributed by atoms with E-state index in [4.69, 9.17) is 9.47 Å². The van der Waals surface area contributed by atoms with Gasteiger partial charge < -0.3 is 14.6 Å². The highest BCUT2D eigenvalue weighted by Crippen LogP contribution is 2.40. The molecule has 2 aromatic rings. The molecule has 0 saturated carbocycles. The van der Waals surface area contributed by atoms with E-state index in [1.54, 1.807) is 18.2 Å². The second-order valence-corrected chi connectivity index (χ2v) is 5.44. The molecule has 0 bridgehead atoms. The lowest BCUT2D eigenvalue weighted by atomic mass is 10.1. The highest BCUT2D eigenvalue weighted by Gasteiger charge is 2.24. The zero-order chi connectivity index (χ0) is 13.9. The molecule has 4 nitrogen and oxygen atoms in total. The summed E-state index contributed by atoms with van der Waals surface area (Å²) in [7, 11) is 0. The minimum absolute atomic E-state index is 0.183. The monoisotopic (exact) mass is 288 g/mol. The van der Waals surface area contributed by atoms with Gasteiger partial charge in [-0.2, -0.15) is 0 Å². The van der Waals surface area contributed by atoms with Crippen LogP contribution in [0.1, 0.15) is 10.8 Å². The maximum atomic E-state index is 11.5. The summed E-state index contributed by atoms with van der Waals surface area (Å²) >= 11 is 1.30. The van der Waals surface area contributed by atoms with Crippen LogP contribution >= 0.6 is 11.8 Å². The molecule has 0 saturated heterocycles. The molecule has 1 N–H and O–H groups in total. The minimum atomic E-state index is -0.877. The zero-order valence-electron chi connectivity index (χ0n) is 10.5. The third-order valence-corrected chi connectivity index (χ3v) is 4.17. The van der Waals surface area contributed by atoms with Gasteiger partial charge >= 0.3 is 5.97 Å². The Morgan fingerprint density at radius 3 is 2.60 bits per heavy atom. The van der Waals surface area contributed by atoms with Crippen molar-refractivity contribution in [2.24, 2.45) is 0 Å². The molecule has 0 amide bonds. The lowest BCUT2D eigenvalue weighted by molar-refractivity contribution is -0.136. The molecule has 5 heteroatoms. The van der Waals surface area contributed by atoms with E-state index >= 15 is 0 Å². The molecule has 0 aliphatic carbocycles. The predicted molar refractivity (Wildman–Crippen MR) is 75.2 cm³/mol. The number of thioether (sulfide) groups is 1. The Hall–Kier alpha value is -2.14. The summed E-state index contributed by atoms with van der Waals surface area (Å²) < 4.78 is 10.5. The van der Waals surface area contributed by atoms with Crippen molar-refractivity contribution in [2.45, 2.75) is 10.1 Å². The van der Waals surface area contributed by atoms with E-state index in [1.807, 2.05) is 30.3 Å². The first-order valence-electron chi connectivity index (χ1n) is 6.08. The maximum Gasteiger partial charge on any atom is 0.321 e. The van der Waals surface area contributed by atoms with Crippen molar-refractivity contribution in [3.8, 4) is 11.5 Å². The topological polar surface area (TPSA) is 55.8 Å². The standard InChI is InChI=1S/C15H12O4S/c16-15(17)14(20-11-4-2-1-3-5-11)10-6-7-12-13(8-10)19-9-18-12/h1-8,14H,9H2,(H,16,17). The van der Waals surface area contributed by atoms with Crippen molar-refractivity contribution < 1.29 is 19.4 Å². The van der Waals surface area contributed by atoms with Gasteiger partial charge in [-0.1, -0.05) is 24.3 Å². The van der Waals surface area contributed by atoms with Crippen LogP contribution < -0.4 is 9.47 Å². The number of carbonyl (C=O) groups is 1. The van der Waals surface area contributed by atoms with E-state index in [0.717, 1.165) is 4.90 Å². The van der Waals surface area contributed by atoms with Crippen LogP contribution in [0, 0.1) is 0 Å². The van der Waals surface area contributed by atoms with Crippen LogP contribution in [0.25, 0.3) is 0 Å². The summed E-state index contributed by atoms with van der Waals surface area (Å²) in [5.74, 6) is 0.378. The lowest BCUT2D eigenvalue weighted by Crippen LogP contribution is -2.07. The molecule has 1 atom stereocenters. The number of hydrogen-bond donors (Lipinski definition) is 1. The zero-order valence-corrected chi connectivity index (χ0v) is 11.3. The van der Waals surface area contributed by atoms with Gasteiger partial charge in [0.2, 0.25) is 6.79 Å². The summed E-state index contributed by atoms with van der Waals surface area (Å²) in [6, 6.07) is 14.7. The van der Waals surface area contributed by atoms with Gasteiger partial charge in [0.25, 0.3) is 0 Å². The van der Waals surface area contributed by atoms with Gasteiger partial charge in [0.15, 0.2) is 11.5 Å². The lowest BCUT2D eigenvalue weighted by Gasteiger charge is -2.13. The first kappa shape index (κ1) is 12.9. The average molecular weight is 288 g/mol. The van der Waals surface area contributed by atoms with Crippen LogP contribution in [0.4, 0.5) is 0 Å². The van der Waals surface area contributed by atoms with E-state index in [2.05, 4.69) is 0 Å². The molecular weight excluding hydrogens is 276 g/mol. The van der Waals surface area contributed by atoms with Gasteiger partial charge in [0.1, 0.15) is 5.25 Å². The molecule has 1 unspecified atom stereocenters. The van der Waals surface area contributed by atoms with Crippen molar-refractivity contribution in [1.29, 1.82) is 0 Å². The van der Waals surface area contributed by atoms with E-state index in [-0.39, 0.29) is 6.79 Å². The number of ether oxygens (including phenoxy) is 2. The van der Waals surface area contributed by atoms with Crippen LogP contribution in [-0.2, 0) is 4.79 Å². The van der Waals surface area contributed by atoms with Crippen molar-refractivity contribution in [3.63, 3.8) is 0 Å². The molecule has 20 heavy (non-hydrogen) atoms. The average Bonchev–Trinajstić information content (AvgIpc) is 2.93. The second-order valence-electron chi connectivity index (χ2n) is 4.26. The van der Waals surface area contributed by atoms with Crippen LogP contribution in [0.5, 0.6) is 11.5 Å². The smallest absolute Gasteiger partial charge is 0.321 e. The fraction of sp³-hybridized carbons (Fsp3) is 0.133. The van der Waals surface area contributed by atoms with Crippen molar-refractivity contribution in [2.75, 3.05) is 6.79 Å². The Morgan fingerprint density at radius 2 is 1.85 bits per heavy atom. The first-order valence-corrected chi connectivity index (χ1v) is 6.96. The molecule has 1 heterocycles. The van der Waals surface area contributed by atoms with Gasteiger partial charge in [-0.25, -0.2) is 0 Å². The SMILES string of the molecule is O=C(O)C(Sc1ccccc1)c1ccc2c(c1)OCO2. The summed E-state index contributed by atoms with van der Waals surface area (Å²) in [5, 5.41) is 8.77. The number of hydrogen-bond acceptors (Lipinski definition) is 4. The summed E-state index contributed by atoms with van der Waals surface area (Å²) in [5.41, 5.74) is 0.690. The molecule has 102 valence electrons. The van der Waals surface area contributed by atoms with Crippen LogP contribution in [0.15, 0.2) is 53.4 Å². The quantitative estimate of drug-likeness (QED) is 0.874. The molecule has 1 aliphatic rings.